The van der Waals surface area contributed by atoms with Crippen LogP contribution >= 0.6 is 0 Å². The summed E-state index contributed by atoms with van der Waals surface area (Å²) in [5, 5.41) is 19.8. The van der Waals surface area contributed by atoms with E-state index in [1.807, 2.05) is 38.1 Å². The van der Waals surface area contributed by atoms with E-state index in [1.54, 1.807) is 0 Å². The Morgan fingerprint density at radius 3 is 2.35 bits per heavy atom. The predicted octanol–water partition coefficient (Wildman–Crippen LogP) is 2.02. The molecule has 1 heterocycles. The van der Waals surface area contributed by atoms with Crippen LogP contribution in [0.2, 0.25) is 0 Å². The first-order chi connectivity index (χ1) is 9.33. The molecule has 0 atom stereocenters. The molecule has 1 fully saturated rings. The van der Waals surface area contributed by atoms with Gasteiger partial charge in [-0.3, -0.25) is 0 Å². The van der Waals surface area contributed by atoms with Crippen LogP contribution in [0.25, 0.3) is 0 Å². The second-order valence-corrected chi connectivity index (χ2v) is 5.69. The zero-order valence-corrected chi connectivity index (χ0v) is 12.3. The van der Waals surface area contributed by atoms with Crippen LogP contribution < -0.4 is 4.90 Å². The summed E-state index contributed by atoms with van der Waals surface area (Å²) in [6, 6.07) is 6.00. The minimum Gasteiger partial charge on any atom is -0.465 e. The highest BCUT2D eigenvalue weighted by Crippen LogP contribution is 2.35. The number of nitrogens with zero attached hydrogens (tertiary/aromatic N) is 2. The number of amides is 1. The molecule has 1 aliphatic rings. The van der Waals surface area contributed by atoms with E-state index in [0.29, 0.717) is 25.9 Å². The maximum absolute atomic E-state index is 10.9. The van der Waals surface area contributed by atoms with Gasteiger partial charge in [-0.2, -0.15) is 0 Å². The first kappa shape index (κ1) is 14.7. The molecule has 110 valence electrons. The van der Waals surface area contributed by atoms with Gasteiger partial charge in [-0.1, -0.05) is 6.07 Å². The number of piperidine rings is 1. The van der Waals surface area contributed by atoms with Crippen LogP contribution in [0.15, 0.2) is 18.2 Å². The fourth-order valence-corrected chi connectivity index (χ4v) is 2.79. The Bertz CT molecular complexity index is 506. The normalized spacial score (nSPS) is 17.9. The molecule has 0 radical (unpaired) electrons. The van der Waals surface area contributed by atoms with Crippen LogP contribution in [-0.4, -0.2) is 48.4 Å². The second-order valence-electron chi connectivity index (χ2n) is 5.69. The summed E-state index contributed by atoms with van der Waals surface area (Å²) >= 11 is 0. The molecule has 0 bridgehead atoms. The minimum absolute atomic E-state index is 0.376. The first-order valence-corrected chi connectivity index (χ1v) is 6.82. The average Bonchev–Trinajstić information content (AvgIpc) is 2.38. The van der Waals surface area contributed by atoms with Crippen LogP contribution in [0.1, 0.15) is 24.0 Å². The molecule has 20 heavy (non-hydrogen) atoms. The Morgan fingerprint density at radius 1 is 1.30 bits per heavy atom. The third kappa shape index (κ3) is 2.72. The van der Waals surface area contributed by atoms with Crippen LogP contribution in [0.3, 0.4) is 0 Å². The van der Waals surface area contributed by atoms with Gasteiger partial charge in [0.25, 0.3) is 0 Å². The molecule has 1 aliphatic heterocycles. The third-order valence-electron chi connectivity index (χ3n) is 4.09. The summed E-state index contributed by atoms with van der Waals surface area (Å²) in [6.45, 7) is 2.74. The van der Waals surface area contributed by atoms with Crippen molar-refractivity contribution >= 4 is 11.8 Å². The van der Waals surface area contributed by atoms with Gasteiger partial charge in [0.1, 0.15) is 0 Å². The second kappa shape index (κ2) is 5.32. The fraction of sp³-hybridized carbons (Fsp3) is 0.533. The molecule has 5 heteroatoms. The molecule has 2 rings (SSSR count). The van der Waals surface area contributed by atoms with E-state index in [9.17, 15) is 9.90 Å². The summed E-state index contributed by atoms with van der Waals surface area (Å²) < 4.78 is 0. The van der Waals surface area contributed by atoms with E-state index >= 15 is 0 Å². The molecule has 1 aromatic rings. The number of aliphatic hydroxyl groups is 1. The summed E-state index contributed by atoms with van der Waals surface area (Å²) in [5.74, 6) is 0. The molecule has 5 nitrogen and oxygen atoms in total. The Balaban J connectivity index is 2.21. The highest BCUT2D eigenvalue weighted by Gasteiger charge is 2.36. The fourth-order valence-electron chi connectivity index (χ4n) is 2.79. The van der Waals surface area contributed by atoms with E-state index in [0.717, 1.165) is 16.8 Å². The molecule has 0 aliphatic carbocycles. The van der Waals surface area contributed by atoms with Gasteiger partial charge in [-0.25, -0.2) is 4.79 Å². The highest BCUT2D eigenvalue weighted by atomic mass is 16.4. The van der Waals surface area contributed by atoms with E-state index in [4.69, 9.17) is 5.11 Å². The van der Waals surface area contributed by atoms with Crippen LogP contribution in [0.4, 0.5) is 10.5 Å². The lowest BCUT2D eigenvalue weighted by molar-refractivity contribution is -0.0217. The lowest BCUT2D eigenvalue weighted by atomic mass is 9.82. The Hall–Kier alpha value is -1.75. The van der Waals surface area contributed by atoms with Crippen molar-refractivity contribution in [3.8, 4) is 0 Å². The molecule has 0 spiro atoms. The van der Waals surface area contributed by atoms with Crippen molar-refractivity contribution in [1.29, 1.82) is 0 Å². The van der Waals surface area contributed by atoms with E-state index < -0.39 is 11.7 Å². The van der Waals surface area contributed by atoms with E-state index in [1.165, 1.54) is 4.90 Å². The van der Waals surface area contributed by atoms with Gasteiger partial charge in [-0.15, -0.1) is 0 Å². The molecule has 1 amide bonds. The lowest BCUT2D eigenvalue weighted by Gasteiger charge is -2.38. The molecular formula is C15H22N2O3. The maximum atomic E-state index is 10.9. The Kier molecular flexibility index (Phi) is 3.90. The van der Waals surface area contributed by atoms with Gasteiger partial charge >= 0.3 is 6.09 Å². The van der Waals surface area contributed by atoms with Crippen LogP contribution in [0, 0.1) is 6.92 Å². The van der Waals surface area contributed by atoms with Crippen molar-refractivity contribution in [2.24, 2.45) is 0 Å². The van der Waals surface area contributed by atoms with E-state index in [2.05, 4.69) is 6.07 Å². The number of likely N-dealkylation sites (tertiary alicyclic amines) is 1. The molecule has 0 unspecified atom stereocenters. The summed E-state index contributed by atoms with van der Waals surface area (Å²) in [4.78, 5) is 14.3. The number of hydrogen-bond donors (Lipinski definition) is 2. The Labute approximate surface area is 119 Å². The standard InChI is InChI=1S/C15H22N2O3/c1-11-10-12(16(2)3)4-5-13(11)15(20)6-8-17(9-7-15)14(18)19/h4-5,10,20H,6-9H2,1-3H3,(H,18,19). The van der Waals surface area contributed by atoms with Crippen molar-refractivity contribution in [2.45, 2.75) is 25.4 Å². The maximum Gasteiger partial charge on any atom is 0.407 e. The van der Waals surface area contributed by atoms with Gasteiger partial charge in [-0.05, 0) is 43.0 Å². The number of benzene rings is 1. The van der Waals surface area contributed by atoms with Crippen molar-refractivity contribution in [2.75, 3.05) is 32.1 Å². The lowest BCUT2D eigenvalue weighted by Crippen LogP contribution is -2.44. The quantitative estimate of drug-likeness (QED) is 0.868. The van der Waals surface area contributed by atoms with E-state index in [-0.39, 0.29) is 0 Å². The van der Waals surface area contributed by atoms with Gasteiger partial charge in [0.15, 0.2) is 0 Å². The SMILES string of the molecule is Cc1cc(N(C)C)ccc1C1(O)CCN(C(=O)O)CC1. The van der Waals surface area contributed by atoms with Crippen molar-refractivity contribution in [1.82, 2.24) is 4.90 Å². The van der Waals surface area contributed by atoms with Crippen molar-refractivity contribution < 1.29 is 15.0 Å². The number of anilines is 1. The van der Waals surface area contributed by atoms with Crippen molar-refractivity contribution in [3.05, 3.63) is 29.3 Å². The molecule has 1 aromatic carbocycles. The minimum atomic E-state index is -0.916. The molecule has 0 aromatic heterocycles. The third-order valence-corrected chi connectivity index (χ3v) is 4.09. The van der Waals surface area contributed by atoms with Gasteiger partial charge in [0.05, 0.1) is 5.60 Å². The summed E-state index contributed by atoms with van der Waals surface area (Å²) in [5.41, 5.74) is 2.13. The number of carbonyl (C=O) groups is 1. The topological polar surface area (TPSA) is 64.0 Å². The summed E-state index contributed by atoms with van der Waals surface area (Å²) in [7, 11) is 3.96. The summed E-state index contributed by atoms with van der Waals surface area (Å²) in [6.07, 6.45) is -0.0187. The first-order valence-electron chi connectivity index (χ1n) is 6.82. The van der Waals surface area contributed by atoms with Crippen LogP contribution in [-0.2, 0) is 5.60 Å². The number of rotatable bonds is 2. The smallest absolute Gasteiger partial charge is 0.407 e. The van der Waals surface area contributed by atoms with Gasteiger partial charge in [0.2, 0.25) is 0 Å². The molecule has 2 N–H and O–H groups in total. The van der Waals surface area contributed by atoms with Gasteiger partial charge < -0.3 is 20.0 Å². The highest BCUT2D eigenvalue weighted by molar-refractivity contribution is 5.65. The van der Waals surface area contributed by atoms with Gasteiger partial charge in [0, 0.05) is 32.9 Å². The predicted molar refractivity (Wildman–Crippen MR) is 78.2 cm³/mol. The van der Waals surface area contributed by atoms with Crippen molar-refractivity contribution in [3.63, 3.8) is 0 Å². The number of aryl methyl sites for hydroxylation is 1. The molecule has 1 saturated heterocycles. The average molecular weight is 278 g/mol. The molecular weight excluding hydrogens is 256 g/mol. The van der Waals surface area contributed by atoms with Crippen LogP contribution in [0.5, 0.6) is 0 Å². The number of hydrogen-bond acceptors (Lipinski definition) is 3. The zero-order chi connectivity index (χ0) is 14.9. The number of carboxylic acid groups (broad SMARTS) is 1. The largest absolute Gasteiger partial charge is 0.465 e. The molecule has 0 saturated carbocycles. The monoisotopic (exact) mass is 278 g/mol. The zero-order valence-electron chi connectivity index (χ0n) is 12.3. The Morgan fingerprint density at radius 2 is 1.90 bits per heavy atom.